The molecule has 1 aromatic rings. The van der Waals surface area contributed by atoms with Gasteiger partial charge in [0.25, 0.3) is 0 Å². The van der Waals surface area contributed by atoms with Crippen molar-refractivity contribution in [1.29, 1.82) is 0 Å². The highest BCUT2D eigenvalue weighted by Crippen LogP contribution is 2.25. The van der Waals surface area contributed by atoms with Crippen LogP contribution in [0.5, 0.6) is 0 Å². The van der Waals surface area contributed by atoms with Crippen LogP contribution in [0.4, 0.5) is 5.69 Å². The summed E-state index contributed by atoms with van der Waals surface area (Å²) in [6.07, 6.45) is 1.46. The quantitative estimate of drug-likeness (QED) is 0.500. The number of ether oxygens (including phenoxy) is 2. The van der Waals surface area contributed by atoms with E-state index < -0.39 is 0 Å². The van der Waals surface area contributed by atoms with Crippen molar-refractivity contribution in [2.75, 3.05) is 26.9 Å². The zero-order valence-corrected chi connectivity index (χ0v) is 11.3. The molecule has 0 unspecified atom stereocenters. The summed E-state index contributed by atoms with van der Waals surface area (Å²) in [5.74, 6) is 0. The Kier molecular flexibility index (Phi) is 6.53. The molecule has 0 N–H and O–H groups in total. The molecule has 0 aliphatic rings. The smallest absolute Gasteiger partial charge is 0.152 e. The lowest BCUT2D eigenvalue weighted by Gasteiger charge is -2.06. The van der Waals surface area contributed by atoms with Gasteiger partial charge in [0.05, 0.1) is 37.8 Å². The molecule has 0 amide bonds. The summed E-state index contributed by atoms with van der Waals surface area (Å²) >= 11 is 0. The van der Waals surface area contributed by atoms with Gasteiger partial charge in [-0.2, -0.15) is 5.10 Å². The highest BCUT2D eigenvalue weighted by molar-refractivity contribution is 5.47. The minimum absolute atomic E-state index is 0.497. The van der Waals surface area contributed by atoms with Gasteiger partial charge in [0.1, 0.15) is 0 Å². The number of hydrogen-bond acceptors (Lipinski definition) is 5. The number of hydrogen-bond donors (Lipinski definition) is 0. The van der Waals surface area contributed by atoms with Gasteiger partial charge in [-0.15, -0.1) is 4.91 Å². The first-order valence-electron chi connectivity index (χ1n) is 6.27. The van der Waals surface area contributed by atoms with E-state index in [1.54, 1.807) is 7.11 Å². The van der Waals surface area contributed by atoms with Crippen LogP contribution in [-0.2, 0) is 28.9 Å². The van der Waals surface area contributed by atoms with Crippen LogP contribution in [-0.4, -0.2) is 36.7 Å². The summed E-state index contributed by atoms with van der Waals surface area (Å²) in [6.45, 7) is 6.30. The molecule has 0 radical (unpaired) electrons. The second kappa shape index (κ2) is 7.94. The zero-order valence-electron chi connectivity index (χ0n) is 11.3. The van der Waals surface area contributed by atoms with Crippen molar-refractivity contribution >= 4 is 5.69 Å². The zero-order chi connectivity index (χ0) is 13.4. The molecule has 0 saturated heterocycles. The second-order valence-electron chi connectivity index (χ2n) is 3.87. The molecule has 1 rings (SSSR count). The van der Waals surface area contributed by atoms with Crippen LogP contribution in [0.3, 0.4) is 0 Å². The molecule has 0 aliphatic heterocycles. The molecule has 6 nitrogen and oxygen atoms in total. The summed E-state index contributed by atoms with van der Waals surface area (Å²) in [7, 11) is 1.64. The van der Waals surface area contributed by atoms with Gasteiger partial charge in [-0.1, -0.05) is 13.8 Å². The van der Waals surface area contributed by atoms with Crippen molar-refractivity contribution in [3.05, 3.63) is 16.3 Å². The number of rotatable bonds is 9. The predicted molar refractivity (Wildman–Crippen MR) is 69.1 cm³/mol. The first kappa shape index (κ1) is 14.8. The minimum atomic E-state index is 0.497. The summed E-state index contributed by atoms with van der Waals surface area (Å²) in [6, 6.07) is 0. The first-order chi connectivity index (χ1) is 8.78. The van der Waals surface area contributed by atoms with Gasteiger partial charge in [-0.25, -0.2) is 0 Å². The second-order valence-corrected chi connectivity index (χ2v) is 3.87. The summed E-state index contributed by atoms with van der Waals surface area (Å²) in [5, 5.41) is 7.50. The fourth-order valence-electron chi connectivity index (χ4n) is 1.82. The van der Waals surface area contributed by atoms with Crippen molar-refractivity contribution in [2.45, 2.75) is 33.2 Å². The Bertz CT molecular complexity index is 377. The summed E-state index contributed by atoms with van der Waals surface area (Å²) in [4.78, 5) is 10.8. The van der Waals surface area contributed by atoms with Gasteiger partial charge < -0.3 is 9.47 Å². The number of methoxy groups -OCH3 is 1. The Morgan fingerprint density at radius 1 is 1.22 bits per heavy atom. The standard InChI is InChI=1S/C12H21N3O3/c1-4-10-12(14-16)11(5-2)15(13-10)6-7-18-9-8-17-3/h4-9H2,1-3H3. The molecule has 0 atom stereocenters. The Labute approximate surface area is 107 Å². The van der Waals surface area contributed by atoms with Gasteiger partial charge in [0.2, 0.25) is 0 Å². The van der Waals surface area contributed by atoms with E-state index >= 15 is 0 Å². The Morgan fingerprint density at radius 3 is 2.56 bits per heavy atom. The molecule has 0 saturated carbocycles. The molecule has 0 aromatic carbocycles. The molecule has 6 heteroatoms. The van der Waals surface area contributed by atoms with Crippen LogP contribution in [0.15, 0.2) is 5.18 Å². The molecule has 18 heavy (non-hydrogen) atoms. The lowest BCUT2D eigenvalue weighted by atomic mass is 10.2. The lowest BCUT2D eigenvalue weighted by molar-refractivity contribution is 0.0651. The van der Waals surface area contributed by atoms with Gasteiger partial charge in [0.15, 0.2) is 5.69 Å². The minimum Gasteiger partial charge on any atom is -0.382 e. The maximum Gasteiger partial charge on any atom is 0.152 e. The molecule has 0 aliphatic carbocycles. The average molecular weight is 255 g/mol. The average Bonchev–Trinajstić information content (AvgIpc) is 2.75. The highest BCUT2D eigenvalue weighted by Gasteiger charge is 2.15. The van der Waals surface area contributed by atoms with E-state index in [0.717, 1.165) is 17.8 Å². The van der Waals surface area contributed by atoms with Crippen molar-refractivity contribution in [2.24, 2.45) is 5.18 Å². The van der Waals surface area contributed by atoms with E-state index in [-0.39, 0.29) is 0 Å². The van der Waals surface area contributed by atoms with Crippen molar-refractivity contribution in [3.63, 3.8) is 0 Å². The lowest BCUT2D eigenvalue weighted by Crippen LogP contribution is -2.12. The normalized spacial score (nSPS) is 10.8. The van der Waals surface area contributed by atoms with Crippen molar-refractivity contribution in [1.82, 2.24) is 9.78 Å². The maximum absolute atomic E-state index is 10.8. The number of nitrogens with zero attached hydrogens (tertiary/aromatic N) is 3. The predicted octanol–water partition coefficient (Wildman–Crippen LogP) is 2.07. The molecule has 0 bridgehead atoms. The highest BCUT2D eigenvalue weighted by atomic mass is 16.5. The fraction of sp³-hybridized carbons (Fsp3) is 0.750. The Morgan fingerprint density at radius 2 is 2.00 bits per heavy atom. The Balaban J connectivity index is 2.64. The van der Waals surface area contributed by atoms with Gasteiger partial charge >= 0.3 is 0 Å². The van der Waals surface area contributed by atoms with Gasteiger partial charge in [0, 0.05) is 7.11 Å². The van der Waals surface area contributed by atoms with E-state index in [1.807, 2.05) is 18.5 Å². The van der Waals surface area contributed by atoms with Crippen molar-refractivity contribution < 1.29 is 9.47 Å². The molecule has 1 heterocycles. The fourth-order valence-corrected chi connectivity index (χ4v) is 1.82. The van der Waals surface area contributed by atoms with E-state index in [2.05, 4.69) is 10.3 Å². The molecular weight excluding hydrogens is 234 g/mol. The van der Waals surface area contributed by atoms with Crippen LogP contribution in [0, 0.1) is 4.91 Å². The molecule has 0 spiro atoms. The largest absolute Gasteiger partial charge is 0.382 e. The van der Waals surface area contributed by atoms with Crippen LogP contribution in [0.1, 0.15) is 25.2 Å². The summed E-state index contributed by atoms with van der Waals surface area (Å²) in [5.41, 5.74) is 2.15. The van der Waals surface area contributed by atoms with Crippen LogP contribution < -0.4 is 0 Å². The third kappa shape index (κ3) is 3.61. The van der Waals surface area contributed by atoms with Crippen LogP contribution in [0.2, 0.25) is 0 Å². The number of aryl methyl sites for hydroxylation is 1. The Hall–Kier alpha value is -1.27. The van der Waals surface area contributed by atoms with E-state index in [1.165, 1.54) is 0 Å². The van der Waals surface area contributed by atoms with E-state index in [4.69, 9.17) is 9.47 Å². The number of nitroso groups, excluding NO2 is 1. The first-order valence-corrected chi connectivity index (χ1v) is 6.27. The summed E-state index contributed by atoms with van der Waals surface area (Å²) < 4.78 is 12.1. The SMILES string of the molecule is CCc1nn(CCOCCOC)c(CC)c1N=O. The van der Waals surface area contributed by atoms with Crippen LogP contribution >= 0.6 is 0 Å². The number of aromatic nitrogens is 2. The van der Waals surface area contributed by atoms with Crippen LogP contribution in [0.25, 0.3) is 0 Å². The molecule has 1 aromatic heterocycles. The van der Waals surface area contributed by atoms with Gasteiger partial charge in [-0.05, 0) is 18.0 Å². The van der Waals surface area contributed by atoms with Crippen molar-refractivity contribution in [3.8, 4) is 0 Å². The molecule has 0 fully saturated rings. The topological polar surface area (TPSA) is 65.7 Å². The van der Waals surface area contributed by atoms with Gasteiger partial charge in [-0.3, -0.25) is 4.68 Å². The van der Waals surface area contributed by atoms with E-state index in [0.29, 0.717) is 38.5 Å². The van der Waals surface area contributed by atoms with E-state index in [9.17, 15) is 4.91 Å². The third-order valence-electron chi connectivity index (χ3n) is 2.74. The molecular formula is C12H21N3O3. The maximum atomic E-state index is 10.8. The third-order valence-corrected chi connectivity index (χ3v) is 2.74. The molecule has 102 valence electrons. The monoisotopic (exact) mass is 255 g/mol.